The van der Waals surface area contributed by atoms with Crippen molar-refractivity contribution in [3.05, 3.63) is 52.1 Å². The van der Waals surface area contributed by atoms with E-state index in [1.54, 1.807) is 0 Å². The van der Waals surface area contributed by atoms with E-state index in [0.717, 1.165) is 16.9 Å². The molecule has 2 heterocycles. The van der Waals surface area contributed by atoms with Gasteiger partial charge in [-0.2, -0.15) is 0 Å². The number of amides is 1. The fourth-order valence-corrected chi connectivity index (χ4v) is 4.63. The van der Waals surface area contributed by atoms with Crippen molar-refractivity contribution in [2.45, 2.75) is 18.8 Å². The van der Waals surface area contributed by atoms with E-state index in [1.165, 1.54) is 13.0 Å². The predicted octanol–water partition coefficient (Wildman–Crippen LogP) is 1.59. The van der Waals surface area contributed by atoms with Crippen molar-refractivity contribution in [2.24, 2.45) is 0 Å². The zero-order chi connectivity index (χ0) is 20.1. The molecule has 0 aliphatic rings. The molecule has 0 saturated heterocycles. The van der Waals surface area contributed by atoms with Crippen LogP contribution in [0.3, 0.4) is 0 Å². The van der Waals surface area contributed by atoms with Gasteiger partial charge in [-0.25, -0.2) is 8.42 Å². The van der Waals surface area contributed by atoms with Gasteiger partial charge in [0.1, 0.15) is 21.9 Å². The molecular formula is C17H18N4O5S2. The van der Waals surface area contributed by atoms with Crippen molar-refractivity contribution in [1.29, 1.82) is 0 Å². The summed E-state index contributed by atoms with van der Waals surface area (Å²) in [6.45, 7) is 1.46. The van der Waals surface area contributed by atoms with Crippen molar-refractivity contribution in [3.63, 3.8) is 0 Å². The first-order chi connectivity index (χ1) is 13.3. The van der Waals surface area contributed by atoms with Crippen molar-refractivity contribution >= 4 is 27.1 Å². The first kappa shape index (κ1) is 20.1. The van der Waals surface area contributed by atoms with Gasteiger partial charge in [-0.1, -0.05) is 46.8 Å². The normalized spacial score (nSPS) is 12.6. The third-order valence-corrected chi connectivity index (χ3v) is 6.50. The molecular weight excluding hydrogens is 404 g/mol. The molecule has 9 nitrogen and oxygen atoms in total. The van der Waals surface area contributed by atoms with E-state index in [-0.39, 0.29) is 23.7 Å². The van der Waals surface area contributed by atoms with E-state index >= 15 is 0 Å². The SMILES string of the molecule is C[C@H](O)c1nnc(CS(=O)(=O)CCNC(=O)c2cc(-c3ccccc3)on2)s1. The zero-order valence-corrected chi connectivity index (χ0v) is 16.5. The standard InChI is InChI=1S/C17H18N4O5S2/c1-11(22)17-20-19-15(27-17)10-28(24,25)8-7-18-16(23)13-9-14(26-21-13)12-5-3-2-4-6-12/h2-6,9,11,22H,7-8,10H2,1H3,(H,18,23)/t11-/m0/s1. The summed E-state index contributed by atoms with van der Waals surface area (Å²) in [6.07, 6.45) is -0.795. The van der Waals surface area contributed by atoms with E-state index < -0.39 is 21.8 Å². The number of aliphatic hydroxyl groups is 1. The van der Waals surface area contributed by atoms with Gasteiger partial charge in [0.15, 0.2) is 21.3 Å². The molecule has 2 N–H and O–H groups in total. The van der Waals surface area contributed by atoms with Gasteiger partial charge < -0.3 is 14.9 Å². The van der Waals surface area contributed by atoms with E-state index in [0.29, 0.717) is 15.8 Å². The van der Waals surface area contributed by atoms with Gasteiger partial charge in [0.25, 0.3) is 5.91 Å². The number of hydrogen-bond donors (Lipinski definition) is 2. The van der Waals surface area contributed by atoms with Gasteiger partial charge in [-0.15, -0.1) is 10.2 Å². The molecule has 0 spiro atoms. The Bertz CT molecular complexity index is 1040. The minimum Gasteiger partial charge on any atom is -0.386 e. The lowest BCUT2D eigenvalue weighted by atomic mass is 10.1. The first-order valence-electron chi connectivity index (χ1n) is 8.35. The highest BCUT2D eigenvalue weighted by atomic mass is 32.2. The van der Waals surface area contributed by atoms with Crippen LogP contribution < -0.4 is 5.32 Å². The summed E-state index contributed by atoms with van der Waals surface area (Å²) < 4.78 is 29.5. The number of carbonyl (C=O) groups excluding carboxylic acids is 1. The lowest BCUT2D eigenvalue weighted by Gasteiger charge is -2.03. The summed E-state index contributed by atoms with van der Waals surface area (Å²) in [5, 5.41) is 23.8. The molecule has 0 bridgehead atoms. The average Bonchev–Trinajstić information content (AvgIpc) is 3.31. The highest BCUT2D eigenvalue weighted by Gasteiger charge is 2.19. The van der Waals surface area contributed by atoms with E-state index in [9.17, 15) is 18.3 Å². The van der Waals surface area contributed by atoms with Crippen molar-refractivity contribution in [2.75, 3.05) is 12.3 Å². The number of sulfone groups is 1. The predicted molar refractivity (Wildman–Crippen MR) is 102 cm³/mol. The van der Waals surface area contributed by atoms with Crippen LogP contribution in [0.4, 0.5) is 0 Å². The van der Waals surface area contributed by atoms with Gasteiger partial charge >= 0.3 is 0 Å². The molecule has 0 unspecified atom stereocenters. The summed E-state index contributed by atoms with van der Waals surface area (Å²) in [5.41, 5.74) is 0.854. The highest BCUT2D eigenvalue weighted by Crippen LogP contribution is 2.20. The molecule has 0 aliphatic heterocycles. The summed E-state index contributed by atoms with van der Waals surface area (Å²) in [4.78, 5) is 12.1. The quantitative estimate of drug-likeness (QED) is 0.559. The van der Waals surface area contributed by atoms with E-state index in [2.05, 4.69) is 20.7 Å². The largest absolute Gasteiger partial charge is 0.386 e. The fraction of sp³-hybridized carbons (Fsp3) is 0.294. The lowest BCUT2D eigenvalue weighted by molar-refractivity contribution is 0.0947. The number of hydrogen-bond acceptors (Lipinski definition) is 9. The van der Waals surface area contributed by atoms with Crippen LogP contribution >= 0.6 is 11.3 Å². The Morgan fingerprint density at radius 1 is 1.29 bits per heavy atom. The third kappa shape index (κ3) is 5.21. The zero-order valence-electron chi connectivity index (χ0n) is 14.9. The Balaban J connectivity index is 1.52. The molecule has 0 fully saturated rings. The fourth-order valence-electron chi connectivity index (χ4n) is 2.29. The molecule has 3 aromatic rings. The Kier molecular flexibility index (Phi) is 6.17. The van der Waals surface area contributed by atoms with Crippen molar-refractivity contribution < 1.29 is 22.8 Å². The average molecular weight is 422 g/mol. The van der Waals surface area contributed by atoms with Crippen LogP contribution in [0, 0.1) is 0 Å². The Morgan fingerprint density at radius 3 is 2.71 bits per heavy atom. The molecule has 1 atom stereocenters. The van der Waals surface area contributed by atoms with Gasteiger partial charge in [0.05, 0.1) is 5.75 Å². The topological polar surface area (TPSA) is 135 Å². The Labute approximate surface area is 165 Å². The molecule has 0 saturated carbocycles. The van der Waals surface area contributed by atoms with Crippen LogP contribution in [0.15, 0.2) is 40.9 Å². The van der Waals surface area contributed by atoms with Crippen LogP contribution in [0.25, 0.3) is 11.3 Å². The minimum atomic E-state index is -3.49. The molecule has 1 amide bonds. The maximum absolute atomic E-state index is 12.2. The Morgan fingerprint density at radius 2 is 2.04 bits per heavy atom. The Hall–Kier alpha value is -2.63. The maximum Gasteiger partial charge on any atom is 0.273 e. The maximum atomic E-state index is 12.2. The molecule has 148 valence electrons. The summed E-state index contributed by atoms with van der Waals surface area (Å²) in [6, 6.07) is 10.7. The third-order valence-electron chi connectivity index (χ3n) is 3.68. The first-order valence-corrected chi connectivity index (χ1v) is 11.0. The van der Waals surface area contributed by atoms with Crippen LogP contribution in [0.1, 0.15) is 33.5 Å². The van der Waals surface area contributed by atoms with Crippen LogP contribution in [-0.2, 0) is 15.6 Å². The number of rotatable bonds is 8. The van der Waals surface area contributed by atoms with Gasteiger partial charge in [-0.05, 0) is 6.92 Å². The second-order valence-corrected chi connectivity index (χ2v) is 9.28. The summed E-state index contributed by atoms with van der Waals surface area (Å²) >= 11 is 1.04. The molecule has 0 radical (unpaired) electrons. The molecule has 3 rings (SSSR count). The number of nitrogens with zero attached hydrogens (tertiary/aromatic N) is 3. The van der Waals surface area contributed by atoms with Crippen LogP contribution in [-0.4, -0.2) is 47.1 Å². The van der Waals surface area contributed by atoms with Gasteiger partial charge in [-0.3, -0.25) is 4.79 Å². The second-order valence-electron chi connectivity index (χ2n) is 6.00. The van der Waals surface area contributed by atoms with Crippen LogP contribution in [0.5, 0.6) is 0 Å². The van der Waals surface area contributed by atoms with E-state index in [4.69, 9.17) is 4.52 Å². The number of benzene rings is 1. The minimum absolute atomic E-state index is 0.0712. The van der Waals surface area contributed by atoms with Crippen LogP contribution in [0.2, 0.25) is 0 Å². The summed E-state index contributed by atoms with van der Waals surface area (Å²) in [7, 11) is -3.49. The molecule has 11 heteroatoms. The second kappa shape index (κ2) is 8.59. The van der Waals surface area contributed by atoms with Gasteiger partial charge in [0.2, 0.25) is 0 Å². The number of nitrogens with one attached hydrogen (secondary N) is 1. The summed E-state index contributed by atoms with van der Waals surface area (Å²) in [5.74, 6) is -0.627. The number of aliphatic hydroxyl groups excluding tert-OH is 1. The molecule has 2 aromatic heterocycles. The number of aromatic nitrogens is 3. The monoisotopic (exact) mass is 422 g/mol. The number of carbonyl (C=O) groups is 1. The van der Waals surface area contributed by atoms with Crippen molar-refractivity contribution in [1.82, 2.24) is 20.7 Å². The highest BCUT2D eigenvalue weighted by molar-refractivity contribution is 7.90. The van der Waals surface area contributed by atoms with E-state index in [1.807, 2.05) is 30.3 Å². The molecule has 28 heavy (non-hydrogen) atoms. The molecule has 0 aliphatic carbocycles. The lowest BCUT2D eigenvalue weighted by Crippen LogP contribution is -2.29. The smallest absolute Gasteiger partial charge is 0.273 e. The van der Waals surface area contributed by atoms with Gasteiger partial charge in [0, 0.05) is 18.2 Å². The van der Waals surface area contributed by atoms with Crippen molar-refractivity contribution in [3.8, 4) is 11.3 Å². The molecule has 1 aromatic carbocycles.